The zero-order chi connectivity index (χ0) is 9.97. The van der Waals surface area contributed by atoms with Crippen LogP contribution in [0.1, 0.15) is 43.7 Å². The molecule has 0 bridgehead atoms. The Morgan fingerprint density at radius 1 is 1.43 bits per heavy atom. The van der Waals surface area contributed by atoms with Crippen molar-refractivity contribution < 1.29 is 0 Å². The lowest BCUT2D eigenvalue weighted by atomic mass is 9.96. The molecule has 0 radical (unpaired) electrons. The van der Waals surface area contributed by atoms with E-state index < -0.39 is 0 Å². The average Bonchev–Trinajstić information content (AvgIpc) is 2.61. The predicted octanol–water partition coefficient (Wildman–Crippen LogP) is 3.02. The van der Waals surface area contributed by atoms with Crippen molar-refractivity contribution >= 4 is 15.9 Å². The molecule has 0 aromatic carbocycles. The summed E-state index contributed by atoms with van der Waals surface area (Å²) < 4.78 is 2.62. The number of rotatable bonds is 1. The Kier molecular flexibility index (Phi) is 2.87. The molecule has 1 aliphatic rings. The van der Waals surface area contributed by atoms with Crippen LogP contribution >= 0.6 is 15.9 Å². The first-order valence-electron chi connectivity index (χ1n) is 4.96. The van der Waals surface area contributed by atoms with Crippen molar-refractivity contribution in [3.05, 3.63) is 16.4 Å². The summed E-state index contributed by atoms with van der Waals surface area (Å²) in [6.45, 7) is 0. The number of halogens is 1. The van der Waals surface area contributed by atoms with E-state index in [0.717, 1.165) is 0 Å². The van der Waals surface area contributed by atoms with Crippen LogP contribution in [-0.4, -0.2) is 9.78 Å². The first kappa shape index (κ1) is 9.72. The molecule has 2 rings (SSSR count). The fourth-order valence-corrected chi connectivity index (χ4v) is 2.35. The maximum atomic E-state index is 8.80. The summed E-state index contributed by atoms with van der Waals surface area (Å²) in [5.74, 6) is 0. The molecule has 1 fully saturated rings. The van der Waals surface area contributed by atoms with Crippen LogP contribution in [0.5, 0.6) is 0 Å². The highest BCUT2D eigenvalue weighted by atomic mass is 79.9. The summed E-state index contributed by atoms with van der Waals surface area (Å²) in [5, 5.41) is 13.1. The molecule has 0 saturated heterocycles. The van der Waals surface area contributed by atoms with Gasteiger partial charge < -0.3 is 0 Å². The standard InChI is InChI=1S/C10H12BrN3/c11-10-8(6-12)7-14(13-10)9-4-2-1-3-5-9/h7,9H,1-5H2. The Morgan fingerprint density at radius 2 is 2.14 bits per heavy atom. The lowest BCUT2D eigenvalue weighted by molar-refractivity contribution is 0.328. The Labute approximate surface area is 91.8 Å². The van der Waals surface area contributed by atoms with Crippen molar-refractivity contribution in [1.29, 1.82) is 5.26 Å². The molecule has 0 unspecified atom stereocenters. The van der Waals surface area contributed by atoms with Gasteiger partial charge in [-0.1, -0.05) is 19.3 Å². The Morgan fingerprint density at radius 3 is 2.71 bits per heavy atom. The third-order valence-electron chi connectivity index (χ3n) is 2.76. The maximum absolute atomic E-state index is 8.80. The molecule has 14 heavy (non-hydrogen) atoms. The van der Waals surface area contributed by atoms with Crippen LogP contribution in [0.25, 0.3) is 0 Å². The van der Waals surface area contributed by atoms with E-state index in [-0.39, 0.29) is 0 Å². The number of nitrogens with zero attached hydrogens (tertiary/aromatic N) is 3. The quantitative estimate of drug-likeness (QED) is 0.772. The van der Waals surface area contributed by atoms with Crippen molar-refractivity contribution in [3.8, 4) is 6.07 Å². The van der Waals surface area contributed by atoms with E-state index in [4.69, 9.17) is 5.26 Å². The van der Waals surface area contributed by atoms with E-state index in [0.29, 0.717) is 16.2 Å². The second kappa shape index (κ2) is 4.14. The van der Waals surface area contributed by atoms with Gasteiger partial charge in [-0.3, -0.25) is 4.68 Å². The molecule has 1 aliphatic carbocycles. The van der Waals surface area contributed by atoms with Crippen LogP contribution < -0.4 is 0 Å². The van der Waals surface area contributed by atoms with E-state index in [1.165, 1.54) is 32.1 Å². The number of aromatic nitrogens is 2. The average molecular weight is 254 g/mol. The Balaban J connectivity index is 2.19. The highest BCUT2D eigenvalue weighted by molar-refractivity contribution is 9.10. The van der Waals surface area contributed by atoms with Crippen LogP contribution in [0.2, 0.25) is 0 Å². The second-order valence-corrected chi connectivity index (χ2v) is 4.47. The molecule has 1 aromatic heterocycles. The van der Waals surface area contributed by atoms with Crippen LogP contribution in [0.15, 0.2) is 10.8 Å². The minimum absolute atomic E-state index is 0.502. The lowest BCUT2D eigenvalue weighted by Crippen LogP contribution is -2.13. The molecule has 1 aromatic rings. The van der Waals surface area contributed by atoms with Gasteiger partial charge in [0.05, 0.1) is 6.04 Å². The van der Waals surface area contributed by atoms with Crippen LogP contribution in [0.3, 0.4) is 0 Å². The van der Waals surface area contributed by atoms with E-state index >= 15 is 0 Å². The minimum Gasteiger partial charge on any atom is -0.267 e. The van der Waals surface area contributed by atoms with E-state index in [9.17, 15) is 0 Å². The molecular weight excluding hydrogens is 242 g/mol. The third-order valence-corrected chi connectivity index (χ3v) is 3.34. The van der Waals surface area contributed by atoms with Crippen LogP contribution in [0.4, 0.5) is 0 Å². The van der Waals surface area contributed by atoms with Gasteiger partial charge in [-0.15, -0.1) is 0 Å². The van der Waals surface area contributed by atoms with Gasteiger partial charge in [-0.05, 0) is 28.8 Å². The smallest absolute Gasteiger partial charge is 0.145 e. The van der Waals surface area contributed by atoms with Crippen LogP contribution in [-0.2, 0) is 0 Å². The Hall–Kier alpha value is -0.820. The zero-order valence-electron chi connectivity index (χ0n) is 7.91. The topological polar surface area (TPSA) is 41.6 Å². The van der Waals surface area contributed by atoms with E-state index in [1.807, 2.05) is 10.9 Å². The largest absolute Gasteiger partial charge is 0.267 e. The van der Waals surface area contributed by atoms with E-state index in [2.05, 4.69) is 27.1 Å². The minimum atomic E-state index is 0.502. The number of hydrogen-bond donors (Lipinski definition) is 0. The van der Waals surface area contributed by atoms with Crippen molar-refractivity contribution in [3.63, 3.8) is 0 Å². The van der Waals surface area contributed by atoms with Crippen molar-refractivity contribution in [2.75, 3.05) is 0 Å². The molecule has 0 amide bonds. The van der Waals surface area contributed by atoms with Gasteiger partial charge in [0.1, 0.15) is 16.2 Å². The second-order valence-electron chi connectivity index (χ2n) is 3.72. The molecule has 0 spiro atoms. The van der Waals surface area contributed by atoms with E-state index in [1.54, 1.807) is 0 Å². The predicted molar refractivity (Wildman–Crippen MR) is 56.8 cm³/mol. The number of hydrogen-bond acceptors (Lipinski definition) is 2. The number of nitriles is 1. The van der Waals surface area contributed by atoms with Crippen LogP contribution in [0, 0.1) is 11.3 Å². The molecule has 4 heteroatoms. The molecule has 74 valence electrons. The molecule has 0 atom stereocenters. The summed E-state index contributed by atoms with van der Waals surface area (Å²) in [7, 11) is 0. The maximum Gasteiger partial charge on any atom is 0.145 e. The summed E-state index contributed by atoms with van der Waals surface area (Å²) >= 11 is 3.29. The van der Waals surface area contributed by atoms with Crippen molar-refractivity contribution in [2.45, 2.75) is 38.1 Å². The molecule has 0 N–H and O–H groups in total. The summed E-state index contributed by atoms with van der Waals surface area (Å²) in [6.07, 6.45) is 8.14. The first-order chi connectivity index (χ1) is 6.81. The summed E-state index contributed by atoms with van der Waals surface area (Å²) in [4.78, 5) is 0. The van der Waals surface area contributed by atoms with Gasteiger partial charge in [0.2, 0.25) is 0 Å². The van der Waals surface area contributed by atoms with Gasteiger partial charge >= 0.3 is 0 Å². The molecule has 1 heterocycles. The SMILES string of the molecule is N#Cc1cn(C2CCCCC2)nc1Br. The monoisotopic (exact) mass is 253 g/mol. The zero-order valence-corrected chi connectivity index (χ0v) is 9.50. The third kappa shape index (κ3) is 1.83. The van der Waals surface area contributed by atoms with Crippen molar-refractivity contribution in [2.24, 2.45) is 0 Å². The summed E-state index contributed by atoms with van der Waals surface area (Å²) in [6, 6.07) is 2.63. The van der Waals surface area contributed by atoms with Gasteiger partial charge in [-0.25, -0.2) is 0 Å². The van der Waals surface area contributed by atoms with Gasteiger partial charge in [-0.2, -0.15) is 10.4 Å². The fourth-order valence-electron chi connectivity index (χ4n) is 1.98. The molecule has 1 saturated carbocycles. The normalized spacial score (nSPS) is 18.0. The Bertz CT molecular complexity index is 358. The first-order valence-corrected chi connectivity index (χ1v) is 5.75. The van der Waals surface area contributed by atoms with Gasteiger partial charge in [0.15, 0.2) is 0 Å². The van der Waals surface area contributed by atoms with Gasteiger partial charge in [0, 0.05) is 6.20 Å². The summed E-state index contributed by atoms with van der Waals surface area (Å²) in [5.41, 5.74) is 0.635. The van der Waals surface area contributed by atoms with Gasteiger partial charge in [0.25, 0.3) is 0 Å². The van der Waals surface area contributed by atoms with Crippen molar-refractivity contribution in [1.82, 2.24) is 9.78 Å². The molecular formula is C10H12BrN3. The molecule has 3 nitrogen and oxygen atoms in total. The molecule has 0 aliphatic heterocycles. The fraction of sp³-hybridized carbons (Fsp3) is 0.600. The highest BCUT2D eigenvalue weighted by Crippen LogP contribution is 2.28. The lowest BCUT2D eigenvalue weighted by Gasteiger charge is -2.21. The highest BCUT2D eigenvalue weighted by Gasteiger charge is 2.17.